The fraction of sp³-hybridized carbons (Fsp3) is 0.571. The van der Waals surface area contributed by atoms with Gasteiger partial charge < -0.3 is 16.4 Å². The summed E-state index contributed by atoms with van der Waals surface area (Å²) in [7, 11) is 0. The maximum Gasteiger partial charge on any atom is 0.250 e. The number of anilines is 2. The number of hydrogen-bond acceptors (Lipinski definition) is 4. The molecule has 1 aromatic heterocycles. The number of nitrogen functional groups attached to an aromatic ring is 1. The molecule has 4 N–H and O–H groups in total. The number of rotatable bonds is 2. The molecule has 0 aliphatic carbocycles. The monoisotopic (exact) mass is 262 g/mol. The Morgan fingerprint density at radius 1 is 1.37 bits per heavy atom. The molecular weight excluding hydrogens is 240 g/mol. The number of aromatic nitrogens is 1. The Hall–Kier alpha value is -1.78. The molecule has 1 amide bonds. The molecule has 0 unspecified atom stereocenters. The summed E-state index contributed by atoms with van der Waals surface area (Å²) in [5, 5.41) is 0. The number of carbonyl (C=O) groups is 1. The predicted octanol–water partition coefficient (Wildman–Crippen LogP) is 1.78. The molecule has 1 aliphatic heterocycles. The van der Waals surface area contributed by atoms with E-state index >= 15 is 0 Å². The van der Waals surface area contributed by atoms with Crippen LogP contribution >= 0.6 is 0 Å². The second-order valence-electron chi connectivity index (χ2n) is 6.00. The fourth-order valence-corrected chi connectivity index (χ4v) is 2.49. The van der Waals surface area contributed by atoms with Crippen LogP contribution in [0.2, 0.25) is 0 Å². The third kappa shape index (κ3) is 3.16. The lowest BCUT2D eigenvalue weighted by Gasteiger charge is -2.24. The van der Waals surface area contributed by atoms with Gasteiger partial charge in [0.2, 0.25) is 0 Å². The van der Waals surface area contributed by atoms with Gasteiger partial charge in [0.05, 0.1) is 17.4 Å². The van der Waals surface area contributed by atoms with Crippen molar-refractivity contribution in [3.05, 3.63) is 17.8 Å². The van der Waals surface area contributed by atoms with Crippen LogP contribution in [-0.4, -0.2) is 24.0 Å². The Morgan fingerprint density at radius 3 is 2.79 bits per heavy atom. The molecule has 0 saturated carbocycles. The quantitative estimate of drug-likeness (QED) is 0.850. The normalized spacial score (nSPS) is 18.9. The first-order valence-corrected chi connectivity index (χ1v) is 6.69. The first-order chi connectivity index (χ1) is 8.89. The van der Waals surface area contributed by atoms with Crippen molar-refractivity contribution in [2.45, 2.75) is 33.1 Å². The van der Waals surface area contributed by atoms with E-state index in [0.717, 1.165) is 31.7 Å². The lowest BCUT2D eigenvalue weighted by molar-refractivity contribution is 0.100. The van der Waals surface area contributed by atoms with Crippen LogP contribution in [0.25, 0.3) is 0 Å². The van der Waals surface area contributed by atoms with E-state index in [2.05, 4.69) is 23.7 Å². The van der Waals surface area contributed by atoms with E-state index in [9.17, 15) is 4.79 Å². The SMILES string of the molecule is CC1(C)CCCN(c2cc(C(N)=O)c(N)cn2)CC1. The zero-order valence-corrected chi connectivity index (χ0v) is 11.6. The minimum Gasteiger partial charge on any atom is -0.397 e. The average molecular weight is 262 g/mol. The second kappa shape index (κ2) is 5.07. The average Bonchev–Trinajstić information content (AvgIpc) is 2.51. The van der Waals surface area contributed by atoms with E-state index < -0.39 is 5.91 Å². The molecule has 5 heteroatoms. The molecule has 104 valence electrons. The maximum atomic E-state index is 11.3. The van der Waals surface area contributed by atoms with E-state index in [-0.39, 0.29) is 0 Å². The Labute approximate surface area is 114 Å². The third-order valence-electron chi connectivity index (χ3n) is 3.85. The van der Waals surface area contributed by atoms with Gasteiger partial charge in [-0.05, 0) is 30.7 Å². The molecule has 19 heavy (non-hydrogen) atoms. The van der Waals surface area contributed by atoms with Crippen molar-refractivity contribution in [2.24, 2.45) is 11.1 Å². The predicted molar refractivity (Wildman–Crippen MR) is 77.0 cm³/mol. The van der Waals surface area contributed by atoms with Crippen LogP contribution in [0.1, 0.15) is 43.5 Å². The highest BCUT2D eigenvalue weighted by atomic mass is 16.1. The minimum absolute atomic E-state index is 0.339. The van der Waals surface area contributed by atoms with Gasteiger partial charge in [0.1, 0.15) is 5.82 Å². The lowest BCUT2D eigenvalue weighted by atomic mass is 9.85. The molecule has 0 atom stereocenters. The van der Waals surface area contributed by atoms with Crippen LogP contribution < -0.4 is 16.4 Å². The highest BCUT2D eigenvalue weighted by molar-refractivity contribution is 5.98. The van der Waals surface area contributed by atoms with Crippen molar-refractivity contribution >= 4 is 17.4 Å². The molecule has 2 heterocycles. The van der Waals surface area contributed by atoms with Crippen molar-refractivity contribution in [3.8, 4) is 0 Å². The van der Waals surface area contributed by atoms with Crippen LogP contribution in [0.4, 0.5) is 11.5 Å². The van der Waals surface area contributed by atoms with Crippen LogP contribution in [0, 0.1) is 5.41 Å². The number of nitrogens with zero attached hydrogens (tertiary/aromatic N) is 2. The van der Waals surface area contributed by atoms with Gasteiger partial charge >= 0.3 is 0 Å². The standard InChI is InChI=1S/C14H22N4O/c1-14(2)4-3-6-18(7-5-14)12-8-10(13(16)19)11(15)9-17-12/h8-9H,3-7,15H2,1-2H3,(H2,16,19). The summed E-state index contributed by atoms with van der Waals surface area (Å²) in [5.41, 5.74) is 12.1. The molecule has 1 fully saturated rings. The zero-order chi connectivity index (χ0) is 14.0. The van der Waals surface area contributed by atoms with Gasteiger partial charge in [-0.1, -0.05) is 13.8 Å². The summed E-state index contributed by atoms with van der Waals surface area (Å²) in [5.74, 6) is 0.289. The summed E-state index contributed by atoms with van der Waals surface area (Å²) in [4.78, 5) is 17.9. The summed E-state index contributed by atoms with van der Waals surface area (Å²) in [6.45, 7) is 6.49. The Morgan fingerprint density at radius 2 is 2.11 bits per heavy atom. The molecule has 1 saturated heterocycles. The molecule has 0 aromatic carbocycles. The van der Waals surface area contributed by atoms with Gasteiger partial charge in [-0.25, -0.2) is 4.98 Å². The number of nitrogens with two attached hydrogens (primary N) is 2. The first kappa shape index (κ1) is 13.6. The Balaban J connectivity index is 2.22. The second-order valence-corrected chi connectivity index (χ2v) is 6.00. The van der Waals surface area contributed by atoms with Crippen molar-refractivity contribution in [1.82, 2.24) is 4.98 Å². The summed E-state index contributed by atoms with van der Waals surface area (Å²) >= 11 is 0. The third-order valence-corrected chi connectivity index (χ3v) is 3.85. The van der Waals surface area contributed by atoms with Crippen LogP contribution in [0.3, 0.4) is 0 Å². The zero-order valence-electron chi connectivity index (χ0n) is 11.6. The Kier molecular flexibility index (Phi) is 3.64. The number of carbonyl (C=O) groups excluding carboxylic acids is 1. The van der Waals surface area contributed by atoms with E-state index in [0.29, 0.717) is 16.7 Å². The smallest absolute Gasteiger partial charge is 0.250 e. The van der Waals surface area contributed by atoms with Crippen LogP contribution in [-0.2, 0) is 0 Å². The van der Waals surface area contributed by atoms with Crippen molar-refractivity contribution in [3.63, 3.8) is 0 Å². The van der Waals surface area contributed by atoms with Crippen molar-refractivity contribution in [1.29, 1.82) is 0 Å². The van der Waals surface area contributed by atoms with Gasteiger partial charge in [-0.15, -0.1) is 0 Å². The largest absolute Gasteiger partial charge is 0.397 e. The number of hydrogen-bond donors (Lipinski definition) is 2. The first-order valence-electron chi connectivity index (χ1n) is 6.69. The number of pyridine rings is 1. The van der Waals surface area contributed by atoms with Gasteiger partial charge in [0.25, 0.3) is 5.91 Å². The molecule has 5 nitrogen and oxygen atoms in total. The van der Waals surface area contributed by atoms with Gasteiger partial charge in [-0.2, -0.15) is 0 Å². The molecular formula is C14H22N4O. The summed E-state index contributed by atoms with van der Waals surface area (Å²) < 4.78 is 0. The highest BCUT2D eigenvalue weighted by Gasteiger charge is 2.24. The summed E-state index contributed by atoms with van der Waals surface area (Å²) in [6, 6.07) is 1.70. The fourth-order valence-electron chi connectivity index (χ4n) is 2.49. The Bertz CT molecular complexity index is 484. The number of primary amides is 1. The highest BCUT2D eigenvalue weighted by Crippen LogP contribution is 2.31. The summed E-state index contributed by atoms with van der Waals surface area (Å²) in [6.07, 6.45) is 4.97. The van der Waals surface area contributed by atoms with Crippen LogP contribution in [0.5, 0.6) is 0 Å². The topological polar surface area (TPSA) is 85.2 Å². The molecule has 0 spiro atoms. The van der Waals surface area contributed by atoms with E-state index in [1.54, 1.807) is 6.07 Å². The van der Waals surface area contributed by atoms with Gasteiger partial charge in [0, 0.05) is 13.1 Å². The van der Waals surface area contributed by atoms with Gasteiger partial charge in [0.15, 0.2) is 0 Å². The molecule has 2 rings (SSSR count). The maximum absolute atomic E-state index is 11.3. The van der Waals surface area contributed by atoms with Crippen molar-refractivity contribution < 1.29 is 4.79 Å². The molecule has 0 bridgehead atoms. The van der Waals surface area contributed by atoms with Gasteiger partial charge in [-0.3, -0.25) is 4.79 Å². The van der Waals surface area contributed by atoms with E-state index in [1.165, 1.54) is 12.6 Å². The van der Waals surface area contributed by atoms with Crippen LogP contribution in [0.15, 0.2) is 12.3 Å². The molecule has 0 radical (unpaired) electrons. The lowest BCUT2D eigenvalue weighted by Crippen LogP contribution is -2.26. The van der Waals surface area contributed by atoms with E-state index in [1.807, 2.05) is 0 Å². The minimum atomic E-state index is -0.503. The van der Waals surface area contributed by atoms with Crippen molar-refractivity contribution in [2.75, 3.05) is 23.7 Å². The number of amides is 1. The van der Waals surface area contributed by atoms with E-state index in [4.69, 9.17) is 11.5 Å². The molecule has 1 aromatic rings. The molecule has 1 aliphatic rings.